The Morgan fingerprint density at radius 2 is 1.97 bits per heavy atom. The second kappa shape index (κ2) is 11.7. The van der Waals surface area contributed by atoms with E-state index in [4.69, 9.17) is 4.74 Å². The number of ether oxygens (including phenoxy) is 1. The van der Waals surface area contributed by atoms with Crippen LogP contribution < -0.4 is 5.32 Å². The van der Waals surface area contributed by atoms with Crippen LogP contribution >= 0.6 is 24.0 Å². The summed E-state index contributed by atoms with van der Waals surface area (Å²) in [6.07, 6.45) is -1.13. The molecule has 3 atom stereocenters. The van der Waals surface area contributed by atoms with Gasteiger partial charge in [-0.3, -0.25) is 9.89 Å². The van der Waals surface area contributed by atoms with Crippen LogP contribution in [0.15, 0.2) is 29.3 Å². The molecule has 0 aliphatic carbocycles. The monoisotopic (exact) mass is 554 g/mol. The first-order chi connectivity index (χ1) is 14.3. The zero-order valence-corrected chi connectivity index (χ0v) is 20.8. The van der Waals surface area contributed by atoms with E-state index in [1.165, 1.54) is 12.1 Å². The number of piperidine rings is 1. The predicted molar refractivity (Wildman–Crippen MR) is 128 cm³/mol. The zero-order valence-electron chi connectivity index (χ0n) is 18.5. The first-order valence-corrected chi connectivity index (χ1v) is 10.7. The van der Waals surface area contributed by atoms with Gasteiger partial charge >= 0.3 is 6.18 Å². The van der Waals surface area contributed by atoms with Crippen molar-refractivity contribution in [2.45, 2.75) is 31.5 Å². The Hall–Kier alpha value is -1.07. The molecule has 0 saturated carbocycles. The Labute approximate surface area is 200 Å². The highest BCUT2D eigenvalue weighted by Gasteiger charge is 2.33. The Kier molecular flexibility index (Phi) is 9.88. The van der Waals surface area contributed by atoms with Gasteiger partial charge in [0.1, 0.15) is 0 Å². The quantitative estimate of drug-likeness (QED) is 0.336. The summed E-state index contributed by atoms with van der Waals surface area (Å²) in [6.45, 7) is 4.19. The molecule has 1 N–H and O–H groups in total. The van der Waals surface area contributed by atoms with Gasteiger partial charge in [-0.15, -0.1) is 24.0 Å². The molecule has 1 aromatic rings. The van der Waals surface area contributed by atoms with Crippen molar-refractivity contribution in [2.24, 2.45) is 16.8 Å². The molecule has 0 spiro atoms. The van der Waals surface area contributed by atoms with Crippen molar-refractivity contribution >= 4 is 29.9 Å². The van der Waals surface area contributed by atoms with Crippen LogP contribution in [0.25, 0.3) is 0 Å². The third kappa shape index (κ3) is 6.95. The maximum absolute atomic E-state index is 12.9. The van der Waals surface area contributed by atoms with Crippen LogP contribution in [0, 0.1) is 11.8 Å². The third-order valence-corrected chi connectivity index (χ3v) is 6.24. The number of likely N-dealkylation sites (tertiary alicyclic amines) is 1. The van der Waals surface area contributed by atoms with Crippen LogP contribution in [-0.2, 0) is 10.9 Å². The molecule has 2 aliphatic heterocycles. The molecule has 0 radical (unpaired) electrons. The second-order valence-electron chi connectivity index (χ2n) is 8.49. The molecule has 2 saturated heterocycles. The van der Waals surface area contributed by atoms with E-state index in [-0.39, 0.29) is 30.0 Å². The maximum Gasteiger partial charge on any atom is 0.416 e. The van der Waals surface area contributed by atoms with Crippen molar-refractivity contribution in [3.8, 4) is 0 Å². The standard InChI is InChI=1S/C22H33F3N4O.HI/c1-26-21(29(3)14-16-10-12-30-15-16)27-13-18-5-4-11-28(2)20(18)17-6-8-19(9-7-17)22(23,24)25;/h6-9,16,18,20H,4-5,10-15H2,1-3H3,(H,26,27);1H. The minimum atomic E-state index is -4.31. The largest absolute Gasteiger partial charge is 0.416 e. The number of hydrogen-bond acceptors (Lipinski definition) is 3. The van der Waals surface area contributed by atoms with Gasteiger partial charge in [0.2, 0.25) is 0 Å². The molecule has 3 unspecified atom stereocenters. The lowest BCUT2D eigenvalue weighted by atomic mass is 9.84. The maximum atomic E-state index is 12.9. The highest BCUT2D eigenvalue weighted by molar-refractivity contribution is 14.0. The van der Waals surface area contributed by atoms with Gasteiger partial charge in [-0.1, -0.05) is 12.1 Å². The summed E-state index contributed by atoms with van der Waals surface area (Å²) in [5.74, 6) is 1.66. The van der Waals surface area contributed by atoms with Crippen LogP contribution in [0.4, 0.5) is 13.2 Å². The minimum absolute atomic E-state index is 0. The lowest BCUT2D eigenvalue weighted by Crippen LogP contribution is -2.46. The molecule has 9 heteroatoms. The molecular formula is C22H34F3IN4O. The summed E-state index contributed by atoms with van der Waals surface area (Å²) in [4.78, 5) is 8.81. The number of rotatable bonds is 5. The average molecular weight is 554 g/mol. The van der Waals surface area contributed by atoms with E-state index in [9.17, 15) is 13.2 Å². The molecule has 0 aromatic heterocycles. The second-order valence-corrected chi connectivity index (χ2v) is 8.49. The number of benzene rings is 1. The molecule has 0 amide bonds. The van der Waals surface area contributed by atoms with E-state index in [0.717, 1.165) is 63.6 Å². The van der Waals surface area contributed by atoms with Crippen LogP contribution in [0.3, 0.4) is 0 Å². The molecule has 31 heavy (non-hydrogen) atoms. The summed E-state index contributed by atoms with van der Waals surface area (Å²) in [5, 5.41) is 3.50. The minimum Gasteiger partial charge on any atom is -0.381 e. The number of hydrogen-bond donors (Lipinski definition) is 1. The van der Waals surface area contributed by atoms with E-state index in [0.29, 0.717) is 11.8 Å². The van der Waals surface area contributed by atoms with Gasteiger partial charge in [0.25, 0.3) is 0 Å². The zero-order chi connectivity index (χ0) is 21.7. The predicted octanol–water partition coefficient (Wildman–Crippen LogP) is 4.25. The molecule has 176 valence electrons. The summed E-state index contributed by atoms with van der Waals surface area (Å²) >= 11 is 0. The number of guanidine groups is 1. The summed E-state index contributed by atoms with van der Waals surface area (Å²) in [7, 11) is 5.87. The fraction of sp³-hybridized carbons (Fsp3) is 0.682. The van der Waals surface area contributed by atoms with Crippen molar-refractivity contribution in [3.63, 3.8) is 0 Å². The van der Waals surface area contributed by atoms with Crippen LogP contribution in [-0.4, -0.2) is 69.8 Å². The topological polar surface area (TPSA) is 40.1 Å². The lowest BCUT2D eigenvalue weighted by Gasteiger charge is -2.40. The lowest BCUT2D eigenvalue weighted by molar-refractivity contribution is -0.137. The Bertz CT molecular complexity index is 708. The molecule has 1 aromatic carbocycles. The van der Waals surface area contributed by atoms with E-state index < -0.39 is 11.7 Å². The molecule has 2 fully saturated rings. The van der Waals surface area contributed by atoms with Crippen molar-refractivity contribution in [3.05, 3.63) is 35.4 Å². The first kappa shape index (κ1) is 26.2. The summed E-state index contributed by atoms with van der Waals surface area (Å²) in [5.41, 5.74) is 0.334. The molecule has 3 rings (SSSR count). The van der Waals surface area contributed by atoms with E-state index in [1.807, 2.05) is 7.05 Å². The van der Waals surface area contributed by atoms with Gasteiger partial charge in [0.15, 0.2) is 5.96 Å². The summed E-state index contributed by atoms with van der Waals surface area (Å²) in [6, 6.07) is 5.73. The van der Waals surface area contributed by atoms with Gasteiger partial charge < -0.3 is 15.0 Å². The van der Waals surface area contributed by atoms with Gasteiger partial charge in [-0.25, -0.2) is 0 Å². The van der Waals surface area contributed by atoms with Crippen molar-refractivity contribution < 1.29 is 17.9 Å². The molecule has 2 heterocycles. The van der Waals surface area contributed by atoms with Gasteiger partial charge in [-0.2, -0.15) is 13.2 Å². The third-order valence-electron chi connectivity index (χ3n) is 6.24. The Balaban J connectivity index is 0.00000341. The molecule has 2 aliphatic rings. The van der Waals surface area contributed by atoms with Crippen LogP contribution in [0.1, 0.15) is 36.4 Å². The van der Waals surface area contributed by atoms with E-state index >= 15 is 0 Å². The van der Waals surface area contributed by atoms with Gasteiger partial charge in [0, 0.05) is 45.8 Å². The fourth-order valence-corrected chi connectivity index (χ4v) is 4.68. The highest BCUT2D eigenvalue weighted by Crippen LogP contribution is 2.36. The van der Waals surface area contributed by atoms with Crippen molar-refractivity contribution in [1.82, 2.24) is 15.1 Å². The molecule has 5 nitrogen and oxygen atoms in total. The fourth-order valence-electron chi connectivity index (χ4n) is 4.68. The first-order valence-electron chi connectivity index (χ1n) is 10.7. The molecule has 0 bridgehead atoms. The Morgan fingerprint density at radius 3 is 2.55 bits per heavy atom. The molecular weight excluding hydrogens is 520 g/mol. The number of halogens is 4. The SMILES string of the molecule is CN=C(NCC1CCCN(C)C1c1ccc(C(F)(F)F)cc1)N(C)CC1CCOC1.I. The summed E-state index contributed by atoms with van der Waals surface area (Å²) < 4.78 is 44.3. The normalized spacial score (nSPS) is 25.2. The Morgan fingerprint density at radius 1 is 1.26 bits per heavy atom. The number of aliphatic imine (C=N–C) groups is 1. The number of nitrogens with zero attached hydrogens (tertiary/aromatic N) is 3. The number of nitrogens with one attached hydrogen (secondary N) is 1. The van der Waals surface area contributed by atoms with E-state index in [2.05, 4.69) is 27.2 Å². The van der Waals surface area contributed by atoms with Crippen molar-refractivity contribution in [1.29, 1.82) is 0 Å². The van der Waals surface area contributed by atoms with E-state index in [1.54, 1.807) is 19.2 Å². The number of alkyl halides is 3. The highest BCUT2D eigenvalue weighted by atomic mass is 127. The van der Waals surface area contributed by atoms with Gasteiger partial charge in [-0.05, 0) is 56.5 Å². The average Bonchev–Trinajstić information content (AvgIpc) is 3.21. The van der Waals surface area contributed by atoms with Crippen molar-refractivity contribution in [2.75, 3.05) is 54.0 Å². The van der Waals surface area contributed by atoms with Crippen LogP contribution in [0.5, 0.6) is 0 Å². The van der Waals surface area contributed by atoms with Crippen LogP contribution in [0.2, 0.25) is 0 Å². The van der Waals surface area contributed by atoms with Gasteiger partial charge in [0.05, 0.1) is 12.2 Å². The smallest absolute Gasteiger partial charge is 0.381 e.